The van der Waals surface area contributed by atoms with Crippen molar-refractivity contribution in [3.05, 3.63) is 65.7 Å². The van der Waals surface area contributed by atoms with E-state index in [2.05, 4.69) is 22.8 Å². The van der Waals surface area contributed by atoms with Gasteiger partial charge < -0.3 is 20.1 Å². The van der Waals surface area contributed by atoms with Crippen LogP contribution >= 0.6 is 0 Å². The lowest BCUT2D eigenvalue weighted by molar-refractivity contribution is -0.119. The van der Waals surface area contributed by atoms with Gasteiger partial charge in [-0.05, 0) is 62.8 Å². The molecule has 0 aliphatic heterocycles. The van der Waals surface area contributed by atoms with Crippen LogP contribution in [0.3, 0.4) is 0 Å². The second kappa shape index (κ2) is 11.8. The highest BCUT2D eigenvalue weighted by molar-refractivity contribution is 5.96. The van der Waals surface area contributed by atoms with Crippen molar-refractivity contribution in [3.8, 4) is 0 Å². The largest absolute Gasteiger partial charge is 0.444 e. The molecule has 6 heteroatoms. The molecule has 2 aromatic rings. The Labute approximate surface area is 197 Å². The standard InChI is InChI=1S/C27H36N2O4/c1-27(2,3)33-26(31)29-24(19-32-18-20-10-6-4-7-11-20)25(30)28-23-16-14-22(15-17-23)21-12-8-5-9-13-21/h4,6-7,10-11,14-17,21,24H,5,8-9,12-13,18-19H2,1-3H3,(H,28,30)(H,29,31)/t24-/m0/s1. The maximum atomic E-state index is 13.0. The van der Waals surface area contributed by atoms with Crippen molar-refractivity contribution < 1.29 is 19.1 Å². The average molecular weight is 453 g/mol. The molecule has 2 aromatic carbocycles. The zero-order chi connectivity index (χ0) is 23.7. The summed E-state index contributed by atoms with van der Waals surface area (Å²) in [6.07, 6.45) is 5.69. The molecule has 1 aliphatic carbocycles. The van der Waals surface area contributed by atoms with E-state index in [1.54, 1.807) is 20.8 Å². The molecule has 1 fully saturated rings. The number of alkyl carbamates (subject to hydrolysis) is 1. The van der Waals surface area contributed by atoms with E-state index in [1.165, 1.54) is 37.7 Å². The monoisotopic (exact) mass is 452 g/mol. The average Bonchev–Trinajstić information content (AvgIpc) is 2.79. The maximum absolute atomic E-state index is 13.0. The van der Waals surface area contributed by atoms with Gasteiger partial charge in [-0.1, -0.05) is 61.7 Å². The summed E-state index contributed by atoms with van der Waals surface area (Å²) in [5.74, 6) is 0.260. The topological polar surface area (TPSA) is 76.7 Å². The Hall–Kier alpha value is -2.86. The summed E-state index contributed by atoms with van der Waals surface area (Å²) in [7, 11) is 0. The van der Waals surface area contributed by atoms with E-state index in [9.17, 15) is 9.59 Å². The third-order valence-electron chi connectivity index (χ3n) is 5.66. The zero-order valence-electron chi connectivity index (χ0n) is 19.9. The van der Waals surface area contributed by atoms with Crippen LogP contribution < -0.4 is 10.6 Å². The number of rotatable bonds is 8. The molecule has 0 aromatic heterocycles. The second-order valence-electron chi connectivity index (χ2n) is 9.65. The number of anilines is 1. The summed E-state index contributed by atoms with van der Waals surface area (Å²) in [4.78, 5) is 25.3. The fourth-order valence-electron chi connectivity index (χ4n) is 4.01. The van der Waals surface area contributed by atoms with Gasteiger partial charge in [0.2, 0.25) is 5.91 Å². The van der Waals surface area contributed by atoms with Crippen LogP contribution in [0.2, 0.25) is 0 Å². The van der Waals surface area contributed by atoms with E-state index in [-0.39, 0.29) is 12.5 Å². The van der Waals surface area contributed by atoms with Crippen molar-refractivity contribution in [1.82, 2.24) is 5.32 Å². The van der Waals surface area contributed by atoms with Crippen molar-refractivity contribution in [2.24, 2.45) is 0 Å². The Balaban J connectivity index is 1.60. The maximum Gasteiger partial charge on any atom is 0.408 e. The van der Waals surface area contributed by atoms with E-state index in [0.717, 1.165) is 5.56 Å². The van der Waals surface area contributed by atoms with Crippen LogP contribution in [0.4, 0.5) is 10.5 Å². The van der Waals surface area contributed by atoms with Crippen LogP contribution in [0.25, 0.3) is 0 Å². The molecule has 3 rings (SSSR count). The molecule has 33 heavy (non-hydrogen) atoms. The Kier molecular flexibility index (Phi) is 8.89. The zero-order valence-corrected chi connectivity index (χ0v) is 19.9. The number of amides is 2. The van der Waals surface area contributed by atoms with Crippen LogP contribution in [-0.4, -0.2) is 30.3 Å². The minimum absolute atomic E-state index is 0.0279. The first kappa shape index (κ1) is 24.8. The summed E-state index contributed by atoms with van der Waals surface area (Å²) < 4.78 is 11.1. The lowest BCUT2D eigenvalue weighted by Crippen LogP contribution is -2.48. The third kappa shape index (κ3) is 8.54. The minimum atomic E-state index is -0.887. The van der Waals surface area contributed by atoms with Crippen molar-refractivity contribution in [1.29, 1.82) is 0 Å². The molecule has 0 unspecified atom stereocenters. The summed E-state index contributed by atoms with van der Waals surface area (Å²) in [5, 5.41) is 5.54. The molecule has 178 valence electrons. The van der Waals surface area contributed by atoms with E-state index in [1.807, 2.05) is 42.5 Å². The number of carbonyl (C=O) groups is 2. The number of ether oxygens (including phenoxy) is 2. The molecule has 0 heterocycles. The molecule has 0 bridgehead atoms. The van der Waals surface area contributed by atoms with E-state index in [4.69, 9.17) is 9.47 Å². The molecule has 0 spiro atoms. The summed E-state index contributed by atoms with van der Waals surface area (Å²) in [6.45, 7) is 5.71. The van der Waals surface area contributed by atoms with Gasteiger partial charge in [0.05, 0.1) is 13.2 Å². The normalized spacial score (nSPS) is 15.5. The number of hydrogen-bond donors (Lipinski definition) is 2. The molecule has 6 nitrogen and oxygen atoms in total. The van der Waals surface area contributed by atoms with E-state index < -0.39 is 17.7 Å². The second-order valence-corrected chi connectivity index (χ2v) is 9.65. The molecule has 0 saturated heterocycles. The molecule has 2 N–H and O–H groups in total. The molecule has 2 amide bonds. The van der Waals surface area contributed by atoms with Gasteiger partial charge in [0.15, 0.2) is 0 Å². The molecule has 1 aliphatic rings. The minimum Gasteiger partial charge on any atom is -0.444 e. The van der Waals surface area contributed by atoms with Gasteiger partial charge in [-0.15, -0.1) is 0 Å². The first-order valence-corrected chi connectivity index (χ1v) is 11.8. The van der Waals surface area contributed by atoms with Crippen molar-refractivity contribution in [2.45, 2.75) is 77.0 Å². The lowest BCUT2D eigenvalue weighted by atomic mass is 9.84. The van der Waals surface area contributed by atoms with Crippen LogP contribution in [0.5, 0.6) is 0 Å². The molecule has 0 radical (unpaired) electrons. The van der Waals surface area contributed by atoms with Crippen molar-refractivity contribution in [3.63, 3.8) is 0 Å². The summed E-state index contributed by atoms with van der Waals surface area (Å²) in [6, 6.07) is 16.8. The highest BCUT2D eigenvalue weighted by Gasteiger charge is 2.25. The highest BCUT2D eigenvalue weighted by atomic mass is 16.6. The summed E-state index contributed by atoms with van der Waals surface area (Å²) >= 11 is 0. The first-order chi connectivity index (χ1) is 15.8. The van der Waals surface area contributed by atoms with E-state index in [0.29, 0.717) is 18.2 Å². The van der Waals surface area contributed by atoms with Crippen molar-refractivity contribution in [2.75, 3.05) is 11.9 Å². The fourth-order valence-corrected chi connectivity index (χ4v) is 4.01. The van der Waals surface area contributed by atoms with Gasteiger partial charge in [-0.3, -0.25) is 4.79 Å². The third-order valence-corrected chi connectivity index (χ3v) is 5.66. The Morgan fingerprint density at radius 2 is 1.64 bits per heavy atom. The Morgan fingerprint density at radius 1 is 0.970 bits per heavy atom. The predicted molar refractivity (Wildman–Crippen MR) is 130 cm³/mol. The lowest BCUT2D eigenvalue weighted by Gasteiger charge is -2.24. The Morgan fingerprint density at radius 3 is 2.27 bits per heavy atom. The van der Waals surface area contributed by atoms with Crippen LogP contribution in [-0.2, 0) is 20.9 Å². The number of benzene rings is 2. The van der Waals surface area contributed by atoms with Gasteiger partial charge in [0.25, 0.3) is 0 Å². The first-order valence-electron chi connectivity index (χ1n) is 11.8. The highest BCUT2D eigenvalue weighted by Crippen LogP contribution is 2.33. The number of hydrogen-bond acceptors (Lipinski definition) is 4. The predicted octanol–water partition coefficient (Wildman–Crippen LogP) is 5.78. The molecule has 1 saturated carbocycles. The van der Waals surface area contributed by atoms with Gasteiger partial charge in [0.1, 0.15) is 11.6 Å². The Bertz CT molecular complexity index is 885. The number of nitrogens with one attached hydrogen (secondary N) is 2. The van der Waals surface area contributed by atoms with Crippen LogP contribution in [0, 0.1) is 0 Å². The van der Waals surface area contributed by atoms with Crippen LogP contribution in [0.15, 0.2) is 54.6 Å². The van der Waals surface area contributed by atoms with Gasteiger partial charge >= 0.3 is 6.09 Å². The SMILES string of the molecule is CC(C)(C)OC(=O)N[C@@H](COCc1ccccc1)C(=O)Nc1ccc(C2CCCCC2)cc1. The smallest absolute Gasteiger partial charge is 0.408 e. The number of carbonyl (C=O) groups excluding carboxylic acids is 2. The quantitative estimate of drug-likeness (QED) is 0.532. The fraction of sp³-hybridized carbons (Fsp3) is 0.481. The van der Waals surface area contributed by atoms with Crippen molar-refractivity contribution >= 4 is 17.7 Å². The summed E-state index contributed by atoms with van der Waals surface area (Å²) in [5.41, 5.74) is 2.35. The van der Waals surface area contributed by atoms with Gasteiger partial charge in [0, 0.05) is 5.69 Å². The van der Waals surface area contributed by atoms with E-state index >= 15 is 0 Å². The molecular formula is C27H36N2O4. The van der Waals surface area contributed by atoms with Gasteiger partial charge in [-0.25, -0.2) is 4.79 Å². The molecular weight excluding hydrogens is 416 g/mol. The van der Waals surface area contributed by atoms with Gasteiger partial charge in [-0.2, -0.15) is 0 Å². The molecule has 1 atom stereocenters. The van der Waals surface area contributed by atoms with Crippen LogP contribution in [0.1, 0.15) is 69.9 Å².